The molecule has 1 N–H and O–H groups in total. The molecule has 0 unspecified atom stereocenters. The molecule has 1 amide bonds. The second kappa shape index (κ2) is 6.27. The van der Waals surface area contributed by atoms with Crippen LogP contribution in [0.1, 0.15) is 12.5 Å². The average Bonchev–Trinajstić information content (AvgIpc) is 2.25. The van der Waals surface area contributed by atoms with Crippen molar-refractivity contribution in [1.82, 2.24) is 5.32 Å². The number of carbonyl (C=O) groups excluding carboxylic acids is 2. The maximum absolute atomic E-state index is 11.2. The maximum atomic E-state index is 11.2. The molecule has 0 aliphatic rings. The van der Waals surface area contributed by atoms with Crippen LogP contribution in [0.2, 0.25) is 0 Å². The van der Waals surface area contributed by atoms with Gasteiger partial charge >= 0.3 is 5.97 Å². The van der Waals surface area contributed by atoms with E-state index in [1.807, 2.05) is 24.3 Å². The van der Waals surface area contributed by atoms with Crippen LogP contribution < -0.4 is 5.32 Å². The smallest absolute Gasteiger partial charge is 0.303 e. The highest BCUT2D eigenvalue weighted by atomic mass is 79.9. The lowest BCUT2D eigenvalue weighted by molar-refractivity contribution is -0.146. The van der Waals surface area contributed by atoms with E-state index in [1.165, 1.54) is 6.92 Å². The van der Waals surface area contributed by atoms with Crippen molar-refractivity contribution in [2.45, 2.75) is 13.5 Å². The van der Waals surface area contributed by atoms with E-state index >= 15 is 0 Å². The van der Waals surface area contributed by atoms with Gasteiger partial charge in [-0.05, 0) is 17.7 Å². The predicted octanol–water partition coefficient (Wildman–Crippen LogP) is 1.63. The zero-order valence-corrected chi connectivity index (χ0v) is 10.4. The second-order valence-electron chi connectivity index (χ2n) is 3.18. The molecule has 1 rings (SSSR count). The summed E-state index contributed by atoms with van der Waals surface area (Å²) in [4.78, 5) is 21.6. The van der Waals surface area contributed by atoms with Gasteiger partial charge in [-0.15, -0.1) is 0 Å². The molecule has 0 fully saturated rings. The quantitative estimate of drug-likeness (QED) is 0.856. The molecule has 0 atom stereocenters. The average molecular weight is 286 g/mol. The number of rotatable bonds is 4. The molecular weight excluding hydrogens is 274 g/mol. The number of amides is 1. The summed E-state index contributed by atoms with van der Waals surface area (Å²) in [5.41, 5.74) is 0.986. The Balaban J connectivity index is 2.31. The second-order valence-corrected chi connectivity index (χ2v) is 4.10. The van der Waals surface area contributed by atoms with Gasteiger partial charge in [-0.3, -0.25) is 9.59 Å². The SMILES string of the molecule is CC(=O)OCC(=O)NCc1ccc(Br)cc1. The molecule has 0 saturated heterocycles. The molecule has 0 spiro atoms. The number of ether oxygens (including phenoxy) is 1. The Bertz CT molecular complexity index is 375. The Morgan fingerprint density at radius 1 is 1.31 bits per heavy atom. The van der Waals surface area contributed by atoms with E-state index < -0.39 is 5.97 Å². The highest BCUT2D eigenvalue weighted by molar-refractivity contribution is 9.10. The Morgan fingerprint density at radius 3 is 2.50 bits per heavy atom. The monoisotopic (exact) mass is 285 g/mol. The van der Waals surface area contributed by atoms with Gasteiger partial charge in [0.25, 0.3) is 5.91 Å². The largest absolute Gasteiger partial charge is 0.456 e. The summed E-state index contributed by atoms with van der Waals surface area (Å²) in [6.07, 6.45) is 0. The predicted molar refractivity (Wildman–Crippen MR) is 62.6 cm³/mol. The summed E-state index contributed by atoms with van der Waals surface area (Å²) in [7, 11) is 0. The minimum absolute atomic E-state index is 0.230. The van der Waals surface area contributed by atoms with Crippen LogP contribution in [-0.2, 0) is 20.9 Å². The molecule has 0 aliphatic heterocycles. The van der Waals surface area contributed by atoms with Crippen LogP contribution in [0.3, 0.4) is 0 Å². The van der Waals surface area contributed by atoms with Gasteiger partial charge in [0.05, 0.1) is 0 Å². The molecule has 0 saturated carbocycles. The zero-order chi connectivity index (χ0) is 12.0. The lowest BCUT2D eigenvalue weighted by Crippen LogP contribution is -2.27. The molecule has 5 heteroatoms. The molecule has 1 aromatic carbocycles. The normalized spacial score (nSPS) is 9.62. The molecule has 0 aliphatic carbocycles. The highest BCUT2D eigenvalue weighted by Gasteiger charge is 2.03. The first kappa shape index (κ1) is 12.7. The lowest BCUT2D eigenvalue weighted by atomic mass is 10.2. The molecule has 1 aromatic rings. The summed E-state index contributed by atoms with van der Waals surface area (Å²) >= 11 is 3.32. The first-order valence-corrected chi connectivity index (χ1v) is 5.52. The van der Waals surface area contributed by atoms with Crippen molar-refractivity contribution in [1.29, 1.82) is 0 Å². The van der Waals surface area contributed by atoms with Crippen molar-refractivity contribution in [2.24, 2.45) is 0 Å². The molecule has 0 bridgehead atoms. The molecule has 0 heterocycles. The Kier molecular flexibility index (Phi) is 4.98. The van der Waals surface area contributed by atoms with Crippen molar-refractivity contribution < 1.29 is 14.3 Å². The lowest BCUT2D eigenvalue weighted by Gasteiger charge is -2.05. The van der Waals surface area contributed by atoms with Gasteiger partial charge < -0.3 is 10.1 Å². The van der Waals surface area contributed by atoms with Crippen LogP contribution >= 0.6 is 15.9 Å². The molecular formula is C11H12BrNO3. The fraction of sp³-hybridized carbons (Fsp3) is 0.273. The van der Waals surface area contributed by atoms with Gasteiger partial charge in [-0.25, -0.2) is 0 Å². The van der Waals surface area contributed by atoms with E-state index in [4.69, 9.17) is 0 Å². The van der Waals surface area contributed by atoms with Gasteiger partial charge in [0, 0.05) is 17.9 Å². The van der Waals surface area contributed by atoms with Crippen LogP contribution in [-0.4, -0.2) is 18.5 Å². The summed E-state index contributed by atoms with van der Waals surface area (Å²) in [5.74, 6) is -0.767. The Hall–Kier alpha value is -1.36. The summed E-state index contributed by atoms with van der Waals surface area (Å²) < 4.78 is 5.54. The number of carbonyl (C=O) groups is 2. The fourth-order valence-electron chi connectivity index (χ4n) is 1.02. The number of halogens is 1. The Morgan fingerprint density at radius 2 is 1.94 bits per heavy atom. The molecule has 4 nitrogen and oxygen atoms in total. The van der Waals surface area contributed by atoms with Crippen LogP contribution in [0.15, 0.2) is 28.7 Å². The van der Waals surface area contributed by atoms with E-state index in [-0.39, 0.29) is 12.5 Å². The number of nitrogens with one attached hydrogen (secondary N) is 1. The van der Waals surface area contributed by atoms with Gasteiger partial charge in [-0.1, -0.05) is 28.1 Å². The van der Waals surface area contributed by atoms with E-state index in [9.17, 15) is 9.59 Å². The van der Waals surface area contributed by atoms with Crippen LogP contribution in [0.5, 0.6) is 0 Å². The molecule has 16 heavy (non-hydrogen) atoms. The summed E-state index contributed by atoms with van der Waals surface area (Å²) in [5, 5.41) is 2.64. The zero-order valence-electron chi connectivity index (χ0n) is 8.83. The van der Waals surface area contributed by atoms with E-state index in [0.717, 1.165) is 10.0 Å². The first-order valence-electron chi connectivity index (χ1n) is 4.72. The maximum Gasteiger partial charge on any atom is 0.303 e. The molecule has 86 valence electrons. The number of benzene rings is 1. The van der Waals surface area contributed by atoms with Gasteiger partial charge in [-0.2, -0.15) is 0 Å². The fourth-order valence-corrected chi connectivity index (χ4v) is 1.29. The van der Waals surface area contributed by atoms with Crippen molar-refractivity contribution >= 4 is 27.8 Å². The van der Waals surface area contributed by atoms with Gasteiger partial charge in [0.15, 0.2) is 6.61 Å². The van der Waals surface area contributed by atoms with Gasteiger partial charge in [0.2, 0.25) is 0 Å². The minimum Gasteiger partial charge on any atom is -0.456 e. The number of esters is 1. The van der Waals surface area contributed by atoms with Crippen molar-refractivity contribution in [3.05, 3.63) is 34.3 Å². The van der Waals surface area contributed by atoms with E-state index in [0.29, 0.717) is 6.54 Å². The number of hydrogen-bond acceptors (Lipinski definition) is 3. The van der Waals surface area contributed by atoms with Gasteiger partial charge in [0.1, 0.15) is 0 Å². The molecule has 0 radical (unpaired) electrons. The third-order valence-corrected chi connectivity index (χ3v) is 2.34. The third kappa shape index (κ3) is 4.93. The van der Waals surface area contributed by atoms with Crippen LogP contribution in [0.25, 0.3) is 0 Å². The standard InChI is InChI=1S/C11H12BrNO3/c1-8(14)16-7-11(15)13-6-9-2-4-10(12)5-3-9/h2-5H,6-7H2,1H3,(H,13,15). The van der Waals surface area contributed by atoms with Crippen LogP contribution in [0, 0.1) is 0 Å². The van der Waals surface area contributed by atoms with Crippen molar-refractivity contribution in [3.8, 4) is 0 Å². The molecule has 0 aromatic heterocycles. The minimum atomic E-state index is -0.459. The van der Waals surface area contributed by atoms with E-state index in [1.54, 1.807) is 0 Å². The summed E-state index contributed by atoms with van der Waals surface area (Å²) in [6.45, 7) is 1.46. The van der Waals surface area contributed by atoms with Crippen molar-refractivity contribution in [2.75, 3.05) is 6.61 Å². The Labute approximate surface area is 102 Å². The summed E-state index contributed by atoms with van der Waals surface area (Å²) in [6, 6.07) is 7.59. The number of hydrogen-bond donors (Lipinski definition) is 1. The van der Waals surface area contributed by atoms with E-state index in [2.05, 4.69) is 26.0 Å². The van der Waals surface area contributed by atoms with Crippen LogP contribution in [0.4, 0.5) is 0 Å². The topological polar surface area (TPSA) is 55.4 Å². The third-order valence-electron chi connectivity index (χ3n) is 1.81. The van der Waals surface area contributed by atoms with Crippen molar-refractivity contribution in [3.63, 3.8) is 0 Å². The highest BCUT2D eigenvalue weighted by Crippen LogP contribution is 2.09. The first-order chi connectivity index (χ1) is 7.58.